The number of pyridine rings is 1. The third-order valence-electron chi connectivity index (χ3n) is 1.74. The van der Waals surface area contributed by atoms with Gasteiger partial charge in [0.05, 0.1) is 11.9 Å². The average molecular weight is 166 g/mol. The first-order chi connectivity index (χ1) is 5.75. The van der Waals surface area contributed by atoms with Crippen molar-refractivity contribution in [2.45, 2.75) is 27.7 Å². The van der Waals surface area contributed by atoms with Crippen molar-refractivity contribution in [3.05, 3.63) is 23.5 Å². The van der Waals surface area contributed by atoms with Gasteiger partial charge in [0.1, 0.15) is 0 Å². The summed E-state index contributed by atoms with van der Waals surface area (Å²) in [5.74, 6) is 0. The van der Waals surface area contributed by atoms with Gasteiger partial charge in [-0.2, -0.15) is 0 Å². The summed E-state index contributed by atoms with van der Waals surface area (Å²) in [6.07, 6.45) is 3.71. The Morgan fingerprint density at radius 2 is 1.75 bits per heavy atom. The van der Waals surface area contributed by atoms with Gasteiger partial charge in [-0.1, -0.05) is 13.8 Å². The second-order valence-corrected chi connectivity index (χ2v) is 2.38. The first-order valence-electron chi connectivity index (χ1n) is 4.34. The van der Waals surface area contributed by atoms with E-state index in [1.54, 1.807) is 0 Å². The molecule has 0 bridgehead atoms. The van der Waals surface area contributed by atoms with Crippen molar-refractivity contribution in [1.82, 2.24) is 4.98 Å². The lowest BCUT2D eigenvalue weighted by atomic mass is 10.1. The van der Waals surface area contributed by atoms with Crippen molar-refractivity contribution in [3.8, 4) is 0 Å². The second-order valence-electron chi connectivity index (χ2n) is 2.38. The van der Waals surface area contributed by atoms with E-state index in [9.17, 15) is 0 Å². The SMILES string of the molecule is CC.CNc1cncc(C)c1C. The van der Waals surface area contributed by atoms with Crippen molar-refractivity contribution in [2.75, 3.05) is 12.4 Å². The normalized spacial score (nSPS) is 8.42. The fourth-order valence-corrected chi connectivity index (χ4v) is 0.882. The number of hydrogen-bond acceptors (Lipinski definition) is 2. The molecule has 1 N–H and O–H groups in total. The molecule has 0 spiro atoms. The molecule has 1 aromatic rings. The van der Waals surface area contributed by atoms with E-state index >= 15 is 0 Å². The van der Waals surface area contributed by atoms with Crippen LogP contribution in [0.5, 0.6) is 0 Å². The zero-order valence-corrected chi connectivity index (χ0v) is 8.60. The van der Waals surface area contributed by atoms with Crippen molar-refractivity contribution in [1.29, 1.82) is 0 Å². The Morgan fingerprint density at radius 1 is 1.17 bits per heavy atom. The van der Waals surface area contributed by atoms with Gasteiger partial charge >= 0.3 is 0 Å². The number of anilines is 1. The number of nitrogens with one attached hydrogen (secondary N) is 1. The molecule has 0 saturated carbocycles. The molecule has 0 fully saturated rings. The zero-order chi connectivity index (χ0) is 9.56. The zero-order valence-electron chi connectivity index (χ0n) is 8.60. The molecule has 68 valence electrons. The Morgan fingerprint density at radius 3 is 2.17 bits per heavy atom. The van der Waals surface area contributed by atoms with Gasteiger partial charge in [-0.25, -0.2) is 0 Å². The van der Waals surface area contributed by atoms with Crippen molar-refractivity contribution < 1.29 is 0 Å². The number of hydrogen-bond donors (Lipinski definition) is 1. The topological polar surface area (TPSA) is 24.9 Å². The lowest BCUT2D eigenvalue weighted by Crippen LogP contribution is -1.94. The van der Waals surface area contributed by atoms with Gasteiger partial charge in [0.2, 0.25) is 0 Å². The second kappa shape index (κ2) is 5.58. The van der Waals surface area contributed by atoms with Gasteiger partial charge in [0.25, 0.3) is 0 Å². The number of aryl methyl sites for hydroxylation is 1. The summed E-state index contributed by atoms with van der Waals surface area (Å²) in [6, 6.07) is 0. The summed E-state index contributed by atoms with van der Waals surface area (Å²) in [5.41, 5.74) is 3.62. The molecule has 2 heteroatoms. The van der Waals surface area contributed by atoms with Crippen LogP contribution in [-0.2, 0) is 0 Å². The minimum atomic E-state index is 1.11. The molecule has 0 aliphatic heterocycles. The summed E-state index contributed by atoms with van der Waals surface area (Å²) in [4.78, 5) is 4.05. The Balaban J connectivity index is 0.000000561. The quantitative estimate of drug-likeness (QED) is 0.694. The first kappa shape index (κ1) is 11.0. The van der Waals surface area contributed by atoms with Crippen LogP contribution in [0.4, 0.5) is 5.69 Å². The summed E-state index contributed by atoms with van der Waals surface area (Å²) < 4.78 is 0. The van der Waals surface area contributed by atoms with Gasteiger partial charge in [0.15, 0.2) is 0 Å². The smallest absolute Gasteiger partial charge is 0.0556 e. The minimum absolute atomic E-state index is 1.11. The maximum Gasteiger partial charge on any atom is 0.0556 e. The van der Waals surface area contributed by atoms with Crippen LogP contribution in [0.2, 0.25) is 0 Å². The van der Waals surface area contributed by atoms with Gasteiger partial charge in [-0.3, -0.25) is 4.98 Å². The van der Waals surface area contributed by atoms with E-state index in [0.29, 0.717) is 0 Å². The Kier molecular flexibility index (Phi) is 5.09. The summed E-state index contributed by atoms with van der Waals surface area (Å²) in [5, 5.41) is 3.07. The lowest BCUT2D eigenvalue weighted by Gasteiger charge is -2.05. The molecule has 0 aliphatic rings. The first-order valence-corrected chi connectivity index (χ1v) is 4.34. The van der Waals surface area contributed by atoms with Crippen molar-refractivity contribution in [3.63, 3.8) is 0 Å². The summed E-state index contributed by atoms with van der Waals surface area (Å²) >= 11 is 0. The van der Waals surface area contributed by atoms with Crippen LogP contribution in [0.25, 0.3) is 0 Å². The standard InChI is InChI=1S/C8H12N2.C2H6/c1-6-4-10-5-8(9-3)7(6)2;1-2/h4-5,9H,1-3H3;1-2H3. The van der Waals surface area contributed by atoms with Crippen LogP contribution in [0.3, 0.4) is 0 Å². The van der Waals surface area contributed by atoms with E-state index in [1.165, 1.54) is 11.1 Å². The Labute approximate surface area is 75.0 Å². The third kappa shape index (κ3) is 2.53. The Bertz CT molecular complexity index is 231. The van der Waals surface area contributed by atoms with E-state index in [-0.39, 0.29) is 0 Å². The molecule has 1 aromatic heterocycles. The highest BCUT2D eigenvalue weighted by atomic mass is 14.8. The molecule has 0 radical (unpaired) electrons. The number of rotatable bonds is 1. The van der Waals surface area contributed by atoms with E-state index < -0.39 is 0 Å². The molecule has 1 heterocycles. The predicted molar refractivity (Wildman–Crippen MR) is 54.6 cm³/mol. The van der Waals surface area contributed by atoms with Crippen LogP contribution in [0.15, 0.2) is 12.4 Å². The number of nitrogens with zero attached hydrogens (tertiary/aromatic N) is 1. The van der Waals surface area contributed by atoms with E-state index in [4.69, 9.17) is 0 Å². The molecular weight excluding hydrogens is 148 g/mol. The van der Waals surface area contributed by atoms with E-state index in [2.05, 4.69) is 24.1 Å². The highest BCUT2D eigenvalue weighted by molar-refractivity contribution is 5.50. The predicted octanol–water partition coefficient (Wildman–Crippen LogP) is 2.77. The molecule has 0 aliphatic carbocycles. The van der Waals surface area contributed by atoms with Gasteiger partial charge in [0, 0.05) is 13.2 Å². The van der Waals surface area contributed by atoms with Crippen LogP contribution in [0.1, 0.15) is 25.0 Å². The molecule has 0 saturated heterocycles. The van der Waals surface area contributed by atoms with Gasteiger partial charge in [-0.05, 0) is 25.0 Å². The van der Waals surface area contributed by atoms with E-state index in [1.807, 2.05) is 33.3 Å². The summed E-state index contributed by atoms with van der Waals surface area (Å²) in [7, 11) is 1.91. The molecule has 12 heavy (non-hydrogen) atoms. The van der Waals surface area contributed by atoms with Crippen LogP contribution >= 0.6 is 0 Å². The monoisotopic (exact) mass is 166 g/mol. The molecule has 0 unspecified atom stereocenters. The third-order valence-corrected chi connectivity index (χ3v) is 1.74. The van der Waals surface area contributed by atoms with Crippen LogP contribution < -0.4 is 5.32 Å². The van der Waals surface area contributed by atoms with Crippen LogP contribution in [0, 0.1) is 13.8 Å². The molecule has 2 nitrogen and oxygen atoms in total. The molecule has 0 atom stereocenters. The Hall–Kier alpha value is -1.05. The highest BCUT2D eigenvalue weighted by Gasteiger charge is 1.96. The minimum Gasteiger partial charge on any atom is -0.387 e. The molecular formula is C10H18N2. The fraction of sp³-hybridized carbons (Fsp3) is 0.500. The maximum absolute atomic E-state index is 4.05. The van der Waals surface area contributed by atoms with Gasteiger partial charge < -0.3 is 5.32 Å². The lowest BCUT2D eigenvalue weighted by molar-refractivity contribution is 1.21. The van der Waals surface area contributed by atoms with Gasteiger partial charge in [-0.15, -0.1) is 0 Å². The van der Waals surface area contributed by atoms with Crippen molar-refractivity contribution in [2.24, 2.45) is 0 Å². The maximum atomic E-state index is 4.05. The average Bonchev–Trinajstić information content (AvgIpc) is 2.13. The van der Waals surface area contributed by atoms with Crippen molar-refractivity contribution >= 4 is 5.69 Å². The number of aromatic nitrogens is 1. The van der Waals surface area contributed by atoms with E-state index in [0.717, 1.165) is 5.69 Å². The van der Waals surface area contributed by atoms with Crippen LogP contribution in [-0.4, -0.2) is 12.0 Å². The molecule has 0 amide bonds. The molecule has 1 rings (SSSR count). The highest BCUT2D eigenvalue weighted by Crippen LogP contribution is 2.14. The molecule has 0 aromatic carbocycles. The largest absolute Gasteiger partial charge is 0.387 e. The summed E-state index contributed by atoms with van der Waals surface area (Å²) in [6.45, 7) is 8.14. The fourth-order valence-electron chi connectivity index (χ4n) is 0.882.